The highest BCUT2D eigenvalue weighted by Crippen LogP contribution is 2.27. The summed E-state index contributed by atoms with van der Waals surface area (Å²) in [5.41, 5.74) is 1.04. The van der Waals surface area contributed by atoms with Crippen molar-refractivity contribution in [2.45, 2.75) is 6.54 Å². The molecule has 0 aliphatic carbocycles. The molecular weight excluding hydrogens is 240 g/mol. The van der Waals surface area contributed by atoms with Crippen LogP contribution in [0.15, 0.2) is 23.2 Å². The molecule has 2 heterocycles. The van der Waals surface area contributed by atoms with Gasteiger partial charge in [-0.15, -0.1) is 0 Å². The number of hydrogen-bond acceptors (Lipinski definition) is 4. The Morgan fingerprint density at radius 3 is 2.88 bits per heavy atom. The van der Waals surface area contributed by atoms with Gasteiger partial charge in [-0.05, 0) is 18.2 Å². The molecule has 4 nitrogen and oxygen atoms in total. The van der Waals surface area contributed by atoms with Crippen molar-refractivity contribution in [2.75, 3.05) is 26.3 Å². The summed E-state index contributed by atoms with van der Waals surface area (Å²) in [4.78, 5) is 6.55. The minimum Gasteiger partial charge on any atom is -0.426 e. The lowest BCUT2D eigenvalue weighted by Crippen LogP contribution is -2.44. The third-order valence-electron chi connectivity index (χ3n) is 2.89. The number of amidine groups is 1. The average molecular weight is 253 g/mol. The number of aliphatic imine (C=N–C) groups is 1. The van der Waals surface area contributed by atoms with Gasteiger partial charge < -0.3 is 14.4 Å². The number of rotatable bonds is 0. The van der Waals surface area contributed by atoms with E-state index in [2.05, 4.69) is 9.89 Å². The molecule has 1 saturated heterocycles. The number of morpholine rings is 1. The third-order valence-corrected chi connectivity index (χ3v) is 3.13. The second-order valence-corrected chi connectivity index (χ2v) is 4.49. The van der Waals surface area contributed by atoms with Crippen molar-refractivity contribution >= 4 is 17.6 Å². The Morgan fingerprint density at radius 1 is 1.24 bits per heavy atom. The maximum absolute atomic E-state index is 5.93. The number of ether oxygens (including phenoxy) is 2. The summed E-state index contributed by atoms with van der Waals surface area (Å²) >= 11 is 5.93. The summed E-state index contributed by atoms with van der Waals surface area (Å²) in [6.45, 7) is 3.76. The van der Waals surface area contributed by atoms with E-state index in [1.807, 2.05) is 18.2 Å². The fraction of sp³-hybridized carbons (Fsp3) is 0.417. The SMILES string of the molecule is Clc1ccc2c(c1)CN=C(N1CCOCC1)O2. The molecule has 0 aromatic heterocycles. The molecule has 0 radical (unpaired) electrons. The monoisotopic (exact) mass is 252 g/mol. The normalized spacial score (nSPS) is 19.4. The lowest BCUT2D eigenvalue weighted by Gasteiger charge is -2.30. The zero-order chi connectivity index (χ0) is 11.7. The quantitative estimate of drug-likeness (QED) is 0.708. The highest BCUT2D eigenvalue weighted by molar-refractivity contribution is 6.30. The van der Waals surface area contributed by atoms with Crippen LogP contribution in [0.1, 0.15) is 5.56 Å². The molecule has 5 heteroatoms. The number of hydrogen-bond donors (Lipinski definition) is 0. The van der Waals surface area contributed by atoms with Gasteiger partial charge in [-0.1, -0.05) is 11.6 Å². The van der Waals surface area contributed by atoms with E-state index in [-0.39, 0.29) is 0 Å². The van der Waals surface area contributed by atoms with Gasteiger partial charge in [0.05, 0.1) is 19.8 Å². The van der Waals surface area contributed by atoms with Gasteiger partial charge >= 0.3 is 0 Å². The summed E-state index contributed by atoms with van der Waals surface area (Å²) in [5.74, 6) is 0.853. The first kappa shape index (κ1) is 10.9. The summed E-state index contributed by atoms with van der Waals surface area (Å²) in [5, 5.41) is 0.720. The average Bonchev–Trinajstić information content (AvgIpc) is 2.39. The standard InChI is InChI=1S/C12H13ClN2O2/c13-10-1-2-11-9(7-10)8-14-12(17-11)15-3-5-16-6-4-15/h1-2,7H,3-6,8H2. The first-order valence-corrected chi connectivity index (χ1v) is 6.04. The molecule has 90 valence electrons. The molecule has 3 rings (SSSR count). The van der Waals surface area contributed by atoms with E-state index in [4.69, 9.17) is 21.1 Å². The van der Waals surface area contributed by atoms with E-state index in [1.54, 1.807) is 0 Å². The molecular formula is C12H13ClN2O2. The zero-order valence-corrected chi connectivity index (χ0v) is 10.1. The third kappa shape index (κ3) is 2.23. The Morgan fingerprint density at radius 2 is 2.06 bits per heavy atom. The van der Waals surface area contributed by atoms with E-state index in [0.29, 0.717) is 12.6 Å². The second kappa shape index (κ2) is 4.55. The number of halogens is 1. The number of nitrogens with zero attached hydrogens (tertiary/aromatic N) is 2. The maximum atomic E-state index is 5.93. The number of fused-ring (bicyclic) bond motifs is 1. The van der Waals surface area contributed by atoms with E-state index >= 15 is 0 Å². The first-order chi connectivity index (χ1) is 8.33. The Hall–Kier alpha value is -1.26. The van der Waals surface area contributed by atoms with Crippen molar-refractivity contribution in [3.63, 3.8) is 0 Å². The van der Waals surface area contributed by atoms with Crippen molar-refractivity contribution in [3.8, 4) is 5.75 Å². The Bertz CT molecular complexity index is 456. The highest BCUT2D eigenvalue weighted by atomic mass is 35.5. The zero-order valence-electron chi connectivity index (χ0n) is 9.36. The minimum absolute atomic E-state index is 0.628. The molecule has 0 unspecified atom stereocenters. The van der Waals surface area contributed by atoms with Gasteiger partial charge in [0.2, 0.25) is 0 Å². The lowest BCUT2D eigenvalue weighted by molar-refractivity contribution is 0.0609. The fourth-order valence-electron chi connectivity index (χ4n) is 1.97. The van der Waals surface area contributed by atoms with Gasteiger partial charge in [0, 0.05) is 23.7 Å². The summed E-state index contributed by atoms with van der Waals surface area (Å²) in [6, 6.07) is 6.33. The predicted molar refractivity (Wildman–Crippen MR) is 65.6 cm³/mol. The molecule has 0 saturated carbocycles. The van der Waals surface area contributed by atoms with Gasteiger partial charge in [-0.3, -0.25) is 0 Å². The van der Waals surface area contributed by atoms with Gasteiger partial charge in [0.25, 0.3) is 6.02 Å². The van der Waals surface area contributed by atoms with E-state index in [9.17, 15) is 0 Å². The molecule has 2 aliphatic heterocycles. The smallest absolute Gasteiger partial charge is 0.293 e. The van der Waals surface area contributed by atoms with Crippen LogP contribution in [-0.2, 0) is 11.3 Å². The Labute approximate surface area is 105 Å². The van der Waals surface area contributed by atoms with Gasteiger partial charge in [-0.25, -0.2) is 4.99 Å². The number of benzene rings is 1. The van der Waals surface area contributed by atoms with Gasteiger partial charge in [0.15, 0.2) is 0 Å². The van der Waals surface area contributed by atoms with Crippen molar-refractivity contribution in [1.82, 2.24) is 4.90 Å². The molecule has 1 aromatic rings. The molecule has 0 atom stereocenters. The molecule has 1 aromatic carbocycles. The van der Waals surface area contributed by atoms with E-state index < -0.39 is 0 Å². The summed E-state index contributed by atoms with van der Waals surface area (Å²) < 4.78 is 11.1. The first-order valence-electron chi connectivity index (χ1n) is 5.66. The lowest BCUT2D eigenvalue weighted by atomic mass is 10.2. The van der Waals surface area contributed by atoms with Crippen LogP contribution in [-0.4, -0.2) is 37.2 Å². The molecule has 2 aliphatic rings. The van der Waals surface area contributed by atoms with Crippen molar-refractivity contribution in [3.05, 3.63) is 28.8 Å². The van der Waals surface area contributed by atoms with Crippen LogP contribution < -0.4 is 4.74 Å². The molecule has 0 bridgehead atoms. The van der Waals surface area contributed by atoms with Crippen LogP contribution in [0, 0.1) is 0 Å². The van der Waals surface area contributed by atoms with Crippen molar-refractivity contribution in [2.24, 2.45) is 4.99 Å². The minimum atomic E-state index is 0.628. The predicted octanol–water partition coefficient (Wildman–Crippen LogP) is 1.92. The van der Waals surface area contributed by atoms with E-state index in [0.717, 1.165) is 42.6 Å². The molecule has 17 heavy (non-hydrogen) atoms. The molecule has 0 amide bonds. The van der Waals surface area contributed by atoms with Crippen LogP contribution in [0.25, 0.3) is 0 Å². The highest BCUT2D eigenvalue weighted by Gasteiger charge is 2.21. The van der Waals surface area contributed by atoms with Crippen LogP contribution in [0.5, 0.6) is 5.75 Å². The second-order valence-electron chi connectivity index (χ2n) is 4.05. The van der Waals surface area contributed by atoms with E-state index in [1.165, 1.54) is 0 Å². The van der Waals surface area contributed by atoms with Crippen molar-refractivity contribution in [1.29, 1.82) is 0 Å². The molecule has 1 fully saturated rings. The van der Waals surface area contributed by atoms with Crippen LogP contribution in [0.2, 0.25) is 5.02 Å². The van der Waals surface area contributed by atoms with Gasteiger partial charge in [0.1, 0.15) is 5.75 Å². The largest absolute Gasteiger partial charge is 0.426 e. The van der Waals surface area contributed by atoms with Crippen LogP contribution in [0.3, 0.4) is 0 Å². The molecule has 0 spiro atoms. The Kier molecular flexibility index (Phi) is 2.91. The van der Waals surface area contributed by atoms with Gasteiger partial charge in [-0.2, -0.15) is 0 Å². The fourth-order valence-corrected chi connectivity index (χ4v) is 2.17. The summed E-state index contributed by atoms with van der Waals surface area (Å²) in [7, 11) is 0. The summed E-state index contributed by atoms with van der Waals surface area (Å²) in [6.07, 6.45) is 0. The van der Waals surface area contributed by atoms with Crippen LogP contribution in [0.4, 0.5) is 0 Å². The molecule has 0 N–H and O–H groups in total. The van der Waals surface area contributed by atoms with Crippen LogP contribution >= 0.6 is 11.6 Å². The maximum Gasteiger partial charge on any atom is 0.293 e. The Balaban J connectivity index is 1.78. The van der Waals surface area contributed by atoms with Crippen molar-refractivity contribution < 1.29 is 9.47 Å². The topological polar surface area (TPSA) is 34.1 Å².